The van der Waals surface area contributed by atoms with E-state index in [4.69, 9.17) is 4.74 Å². The highest BCUT2D eigenvalue weighted by Crippen LogP contribution is 2.27. The molecule has 0 radical (unpaired) electrons. The van der Waals surface area contributed by atoms with Gasteiger partial charge in [0.2, 0.25) is 0 Å². The van der Waals surface area contributed by atoms with Crippen molar-refractivity contribution in [1.29, 1.82) is 0 Å². The lowest BCUT2D eigenvalue weighted by Crippen LogP contribution is -2.36. The van der Waals surface area contributed by atoms with Gasteiger partial charge in [0.1, 0.15) is 5.75 Å². The Bertz CT molecular complexity index is 971. The lowest BCUT2D eigenvalue weighted by atomic mass is 10.1. The Morgan fingerprint density at radius 3 is 2.35 bits per heavy atom. The summed E-state index contributed by atoms with van der Waals surface area (Å²) in [7, 11) is 3.49. The molecule has 0 saturated carbocycles. The van der Waals surface area contributed by atoms with Gasteiger partial charge in [-0.1, -0.05) is 18.2 Å². The number of nitrogens with zero attached hydrogens (tertiary/aromatic N) is 2. The Morgan fingerprint density at radius 2 is 1.73 bits per heavy atom. The molecule has 0 bridgehead atoms. The van der Waals surface area contributed by atoms with Crippen LogP contribution in [-0.4, -0.2) is 29.9 Å². The van der Waals surface area contributed by atoms with Crippen LogP contribution in [0.5, 0.6) is 5.75 Å². The first-order chi connectivity index (χ1) is 12.5. The van der Waals surface area contributed by atoms with Crippen LogP contribution in [0, 0.1) is 6.92 Å². The van der Waals surface area contributed by atoms with Crippen LogP contribution in [0.15, 0.2) is 48.5 Å². The molecule has 0 spiro atoms. The van der Waals surface area contributed by atoms with E-state index in [1.807, 2.05) is 49.7 Å². The highest BCUT2D eigenvalue weighted by Gasteiger charge is 2.28. The van der Waals surface area contributed by atoms with Crippen LogP contribution in [0.3, 0.4) is 0 Å². The predicted molar refractivity (Wildman–Crippen MR) is 103 cm³/mol. The fourth-order valence-electron chi connectivity index (χ4n) is 3.24. The van der Waals surface area contributed by atoms with E-state index in [2.05, 4.69) is 0 Å². The minimum atomic E-state index is -0.530. The molecule has 0 atom stereocenters. The summed E-state index contributed by atoms with van der Waals surface area (Å²) in [5.41, 5.74) is 2.87. The van der Waals surface area contributed by atoms with Crippen molar-refractivity contribution in [3.8, 4) is 5.75 Å². The molecule has 3 aromatic rings. The summed E-state index contributed by atoms with van der Waals surface area (Å²) < 4.78 is 7.10. The third-order valence-electron chi connectivity index (χ3n) is 4.77. The third-order valence-corrected chi connectivity index (χ3v) is 4.77. The van der Waals surface area contributed by atoms with E-state index in [-0.39, 0.29) is 0 Å². The Morgan fingerprint density at radius 1 is 1.08 bits per heavy atom. The number of benzene rings is 2. The number of rotatable bonds is 5. The average Bonchev–Trinajstić information content (AvgIpc) is 2.93. The predicted octanol–water partition coefficient (Wildman–Crippen LogP) is 3.73. The number of aromatic nitrogens is 1. The molecule has 26 heavy (non-hydrogen) atoms. The van der Waals surface area contributed by atoms with Gasteiger partial charge in [-0.2, -0.15) is 0 Å². The second-order valence-electron chi connectivity index (χ2n) is 6.11. The van der Waals surface area contributed by atoms with Crippen molar-refractivity contribution in [1.82, 2.24) is 4.57 Å². The van der Waals surface area contributed by atoms with Gasteiger partial charge in [0, 0.05) is 35.9 Å². The minimum Gasteiger partial charge on any atom is -0.497 e. The largest absolute Gasteiger partial charge is 0.497 e. The van der Waals surface area contributed by atoms with Gasteiger partial charge in [-0.05, 0) is 44.2 Å². The summed E-state index contributed by atoms with van der Waals surface area (Å²) in [6.45, 7) is 4.12. The van der Waals surface area contributed by atoms with Gasteiger partial charge in [-0.3, -0.25) is 9.59 Å². The van der Waals surface area contributed by atoms with Crippen LogP contribution < -0.4 is 9.64 Å². The van der Waals surface area contributed by atoms with Gasteiger partial charge in [-0.25, -0.2) is 0 Å². The molecule has 0 aliphatic carbocycles. The van der Waals surface area contributed by atoms with Crippen molar-refractivity contribution in [3.05, 3.63) is 59.8 Å². The molecule has 0 aliphatic rings. The van der Waals surface area contributed by atoms with E-state index in [9.17, 15) is 9.59 Å². The zero-order valence-corrected chi connectivity index (χ0v) is 15.4. The number of likely N-dealkylation sites (N-methyl/N-ethyl adjacent to an activating group) is 1. The van der Waals surface area contributed by atoms with E-state index in [0.717, 1.165) is 16.6 Å². The molecule has 5 nitrogen and oxygen atoms in total. The first kappa shape index (κ1) is 17.7. The highest BCUT2D eigenvalue weighted by atomic mass is 16.5. The quantitative estimate of drug-likeness (QED) is 0.520. The van der Waals surface area contributed by atoms with Gasteiger partial charge in [-0.15, -0.1) is 0 Å². The summed E-state index contributed by atoms with van der Waals surface area (Å²) in [4.78, 5) is 27.5. The summed E-state index contributed by atoms with van der Waals surface area (Å²) in [6.07, 6.45) is 0. The number of Topliss-reactive ketones (excluding diaryl/α,β-unsaturated/α-hetero) is 1. The van der Waals surface area contributed by atoms with E-state index < -0.39 is 11.7 Å². The van der Waals surface area contributed by atoms with Crippen molar-refractivity contribution < 1.29 is 14.3 Å². The first-order valence-electron chi connectivity index (χ1n) is 8.53. The van der Waals surface area contributed by atoms with E-state index >= 15 is 0 Å². The van der Waals surface area contributed by atoms with Crippen molar-refractivity contribution in [2.75, 3.05) is 18.6 Å². The molecule has 1 heterocycles. The molecular formula is C21H22N2O3. The summed E-state index contributed by atoms with van der Waals surface area (Å²) in [6, 6.07) is 14.7. The molecule has 134 valence electrons. The minimum absolute atomic E-state index is 0.403. The number of para-hydroxylation sites is 1. The van der Waals surface area contributed by atoms with E-state index in [1.54, 1.807) is 31.4 Å². The normalized spacial score (nSPS) is 10.8. The molecule has 0 unspecified atom stereocenters. The zero-order chi connectivity index (χ0) is 18.8. The van der Waals surface area contributed by atoms with Crippen LogP contribution in [0.25, 0.3) is 10.9 Å². The molecule has 5 heteroatoms. The van der Waals surface area contributed by atoms with E-state index in [1.165, 1.54) is 4.90 Å². The number of carbonyl (C=O) groups excluding carboxylic acids is 2. The fraction of sp³-hybridized carbons (Fsp3) is 0.238. The van der Waals surface area contributed by atoms with Gasteiger partial charge in [0.05, 0.1) is 12.7 Å². The van der Waals surface area contributed by atoms with Crippen molar-refractivity contribution in [2.24, 2.45) is 7.05 Å². The molecule has 0 aliphatic heterocycles. The topological polar surface area (TPSA) is 51.5 Å². The molecular weight excluding hydrogens is 328 g/mol. The maximum absolute atomic E-state index is 13.1. The maximum atomic E-state index is 13.1. The highest BCUT2D eigenvalue weighted by molar-refractivity contribution is 6.49. The van der Waals surface area contributed by atoms with Crippen molar-refractivity contribution >= 4 is 28.3 Å². The first-order valence-corrected chi connectivity index (χ1v) is 8.53. The number of fused-ring (bicyclic) bond motifs is 1. The van der Waals surface area contributed by atoms with Gasteiger partial charge >= 0.3 is 0 Å². The lowest BCUT2D eigenvalue weighted by molar-refractivity contribution is -0.114. The van der Waals surface area contributed by atoms with Crippen LogP contribution in [0.2, 0.25) is 0 Å². The monoisotopic (exact) mass is 350 g/mol. The smallest absolute Gasteiger partial charge is 0.299 e. The Kier molecular flexibility index (Phi) is 4.80. The van der Waals surface area contributed by atoms with Crippen LogP contribution in [-0.2, 0) is 11.8 Å². The number of ketones is 1. The molecule has 2 aromatic carbocycles. The van der Waals surface area contributed by atoms with E-state index in [0.29, 0.717) is 23.5 Å². The molecule has 1 aromatic heterocycles. The van der Waals surface area contributed by atoms with Crippen LogP contribution >= 0.6 is 0 Å². The van der Waals surface area contributed by atoms with Crippen molar-refractivity contribution in [3.63, 3.8) is 0 Å². The molecule has 0 saturated heterocycles. The number of hydrogen-bond donors (Lipinski definition) is 0. The number of hydrogen-bond acceptors (Lipinski definition) is 3. The fourth-order valence-corrected chi connectivity index (χ4v) is 3.24. The summed E-state index contributed by atoms with van der Waals surface area (Å²) in [5.74, 6) is -0.317. The number of carbonyl (C=O) groups is 2. The number of methoxy groups -OCH3 is 1. The summed E-state index contributed by atoms with van der Waals surface area (Å²) in [5, 5.41) is 0.802. The molecule has 0 fully saturated rings. The molecule has 1 amide bonds. The number of aryl methyl sites for hydroxylation is 1. The maximum Gasteiger partial charge on any atom is 0.299 e. The molecule has 3 rings (SSSR count). The van der Waals surface area contributed by atoms with Gasteiger partial charge < -0.3 is 14.2 Å². The Balaban J connectivity index is 2.01. The van der Waals surface area contributed by atoms with Crippen LogP contribution in [0.4, 0.5) is 5.69 Å². The Labute approximate surface area is 152 Å². The zero-order valence-electron chi connectivity index (χ0n) is 15.4. The standard InChI is InChI=1S/C21H22N2O3/c1-5-23(15-10-12-16(26-4)13-11-15)21(25)20(24)19-14(2)22(3)18-9-7-6-8-17(18)19/h6-13H,5H2,1-4H3. The Hall–Kier alpha value is -3.08. The number of ether oxygens (including phenoxy) is 1. The SMILES string of the molecule is CCN(C(=O)C(=O)c1c(C)n(C)c2ccccc12)c1ccc(OC)cc1. The van der Waals surface area contributed by atoms with Crippen LogP contribution in [0.1, 0.15) is 23.0 Å². The summed E-state index contributed by atoms with van der Waals surface area (Å²) >= 11 is 0. The second kappa shape index (κ2) is 7.04. The number of anilines is 1. The van der Waals surface area contributed by atoms with Gasteiger partial charge in [0.15, 0.2) is 0 Å². The number of amides is 1. The van der Waals surface area contributed by atoms with Gasteiger partial charge in [0.25, 0.3) is 11.7 Å². The third kappa shape index (κ3) is 2.86. The molecule has 0 N–H and O–H groups in total. The van der Waals surface area contributed by atoms with Crippen molar-refractivity contribution in [2.45, 2.75) is 13.8 Å². The second-order valence-corrected chi connectivity index (χ2v) is 6.11. The lowest BCUT2D eigenvalue weighted by Gasteiger charge is -2.20. The average molecular weight is 350 g/mol.